The summed E-state index contributed by atoms with van der Waals surface area (Å²) in [5.74, 6) is 2.04. The smallest absolute Gasteiger partial charge is 0.199 e. The summed E-state index contributed by atoms with van der Waals surface area (Å²) in [5.41, 5.74) is 5.41. The predicted molar refractivity (Wildman–Crippen MR) is 47.4 cm³/mol. The van der Waals surface area contributed by atoms with Crippen molar-refractivity contribution in [1.29, 1.82) is 0 Å². The summed E-state index contributed by atoms with van der Waals surface area (Å²) in [5, 5.41) is 0. The SMILES string of the molecule is NCCc1cnc(C2CCOC2)o1. The van der Waals surface area contributed by atoms with Gasteiger partial charge in [-0.15, -0.1) is 0 Å². The molecule has 1 aliphatic heterocycles. The lowest BCUT2D eigenvalue weighted by Gasteiger charge is -1.99. The van der Waals surface area contributed by atoms with Crippen LogP contribution in [0.1, 0.15) is 24.0 Å². The Morgan fingerprint density at radius 1 is 1.62 bits per heavy atom. The van der Waals surface area contributed by atoms with Crippen molar-refractivity contribution in [3.05, 3.63) is 17.8 Å². The standard InChI is InChI=1S/C9H14N2O2/c10-3-1-8-5-11-9(13-8)7-2-4-12-6-7/h5,7H,1-4,6,10H2. The molecular formula is C9H14N2O2. The highest BCUT2D eigenvalue weighted by Crippen LogP contribution is 2.24. The van der Waals surface area contributed by atoms with Crippen molar-refractivity contribution in [3.8, 4) is 0 Å². The van der Waals surface area contributed by atoms with E-state index in [1.807, 2.05) is 0 Å². The van der Waals surface area contributed by atoms with Crippen LogP contribution < -0.4 is 5.73 Å². The Balaban J connectivity index is 2.03. The van der Waals surface area contributed by atoms with Gasteiger partial charge in [0, 0.05) is 13.0 Å². The Kier molecular flexibility index (Phi) is 2.61. The molecule has 1 unspecified atom stereocenters. The lowest BCUT2D eigenvalue weighted by Crippen LogP contribution is -2.01. The fourth-order valence-corrected chi connectivity index (χ4v) is 1.50. The van der Waals surface area contributed by atoms with E-state index < -0.39 is 0 Å². The van der Waals surface area contributed by atoms with Gasteiger partial charge in [-0.2, -0.15) is 0 Å². The van der Waals surface area contributed by atoms with E-state index in [0.29, 0.717) is 12.5 Å². The van der Waals surface area contributed by atoms with Crippen LogP contribution in [0, 0.1) is 0 Å². The van der Waals surface area contributed by atoms with E-state index in [-0.39, 0.29) is 0 Å². The Hall–Kier alpha value is -0.870. The third-order valence-electron chi connectivity index (χ3n) is 2.24. The van der Waals surface area contributed by atoms with Crippen LogP contribution in [0.3, 0.4) is 0 Å². The zero-order valence-corrected chi connectivity index (χ0v) is 7.53. The molecule has 0 bridgehead atoms. The summed E-state index contributed by atoms with van der Waals surface area (Å²) in [6, 6.07) is 0. The maximum Gasteiger partial charge on any atom is 0.199 e. The Labute approximate surface area is 77.1 Å². The molecule has 1 aromatic heterocycles. The highest BCUT2D eigenvalue weighted by atomic mass is 16.5. The number of nitrogens with zero attached hydrogens (tertiary/aromatic N) is 1. The molecule has 13 heavy (non-hydrogen) atoms. The predicted octanol–water partition coefficient (Wildman–Crippen LogP) is 0.680. The average Bonchev–Trinajstić information content (AvgIpc) is 2.70. The second-order valence-corrected chi connectivity index (χ2v) is 3.26. The minimum absolute atomic E-state index is 0.353. The summed E-state index contributed by atoms with van der Waals surface area (Å²) in [7, 11) is 0. The second-order valence-electron chi connectivity index (χ2n) is 3.26. The van der Waals surface area contributed by atoms with E-state index in [4.69, 9.17) is 14.9 Å². The molecule has 0 spiro atoms. The Morgan fingerprint density at radius 2 is 2.54 bits per heavy atom. The maximum atomic E-state index is 5.54. The van der Waals surface area contributed by atoms with Gasteiger partial charge < -0.3 is 14.9 Å². The number of hydrogen-bond donors (Lipinski definition) is 1. The first kappa shape index (κ1) is 8.72. The summed E-state index contributed by atoms with van der Waals surface area (Å²) >= 11 is 0. The summed E-state index contributed by atoms with van der Waals surface area (Å²) in [4.78, 5) is 4.21. The van der Waals surface area contributed by atoms with Crippen molar-refractivity contribution in [2.24, 2.45) is 5.73 Å². The first-order valence-corrected chi connectivity index (χ1v) is 4.62. The van der Waals surface area contributed by atoms with Gasteiger partial charge in [0.25, 0.3) is 0 Å². The Bertz CT molecular complexity index is 266. The monoisotopic (exact) mass is 182 g/mol. The van der Waals surface area contributed by atoms with E-state index in [1.165, 1.54) is 0 Å². The van der Waals surface area contributed by atoms with Crippen LogP contribution in [0.5, 0.6) is 0 Å². The molecule has 0 saturated carbocycles. The number of oxazole rings is 1. The van der Waals surface area contributed by atoms with Crippen molar-refractivity contribution in [1.82, 2.24) is 4.98 Å². The van der Waals surface area contributed by atoms with Crippen molar-refractivity contribution in [2.75, 3.05) is 19.8 Å². The van der Waals surface area contributed by atoms with Crippen LogP contribution in [0.4, 0.5) is 0 Å². The highest BCUT2D eigenvalue weighted by molar-refractivity contribution is 5.00. The number of ether oxygens (including phenoxy) is 1. The molecule has 1 aromatic rings. The first-order valence-electron chi connectivity index (χ1n) is 4.62. The molecule has 1 saturated heterocycles. The molecular weight excluding hydrogens is 168 g/mol. The molecule has 1 fully saturated rings. The fourth-order valence-electron chi connectivity index (χ4n) is 1.50. The van der Waals surface area contributed by atoms with Gasteiger partial charge in [0.2, 0.25) is 0 Å². The van der Waals surface area contributed by atoms with Crippen molar-refractivity contribution >= 4 is 0 Å². The number of nitrogens with two attached hydrogens (primary N) is 1. The van der Waals surface area contributed by atoms with Crippen molar-refractivity contribution in [2.45, 2.75) is 18.8 Å². The van der Waals surface area contributed by atoms with Gasteiger partial charge in [-0.05, 0) is 13.0 Å². The van der Waals surface area contributed by atoms with Gasteiger partial charge >= 0.3 is 0 Å². The molecule has 0 amide bonds. The van der Waals surface area contributed by atoms with Crippen LogP contribution >= 0.6 is 0 Å². The maximum absolute atomic E-state index is 5.54. The molecule has 72 valence electrons. The van der Waals surface area contributed by atoms with Crippen molar-refractivity contribution in [3.63, 3.8) is 0 Å². The van der Waals surface area contributed by atoms with Crippen LogP contribution in [0.15, 0.2) is 10.6 Å². The zero-order valence-electron chi connectivity index (χ0n) is 7.53. The molecule has 2 heterocycles. The molecule has 4 heteroatoms. The first-order chi connectivity index (χ1) is 6.40. The van der Waals surface area contributed by atoms with Gasteiger partial charge in [-0.3, -0.25) is 0 Å². The van der Waals surface area contributed by atoms with Gasteiger partial charge in [0.15, 0.2) is 5.89 Å². The molecule has 1 atom stereocenters. The minimum atomic E-state index is 0.353. The molecule has 4 nitrogen and oxygen atoms in total. The number of rotatable bonds is 3. The average molecular weight is 182 g/mol. The third-order valence-corrected chi connectivity index (χ3v) is 2.24. The molecule has 0 aliphatic carbocycles. The van der Waals surface area contributed by atoms with Gasteiger partial charge in [-0.1, -0.05) is 0 Å². The highest BCUT2D eigenvalue weighted by Gasteiger charge is 2.22. The van der Waals surface area contributed by atoms with Crippen LogP contribution in [-0.4, -0.2) is 24.7 Å². The topological polar surface area (TPSA) is 61.3 Å². The normalized spacial score (nSPS) is 22.4. The molecule has 2 N–H and O–H groups in total. The van der Waals surface area contributed by atoms with Gasteiger partial charge in [0.05, 0.1) is 18.7 Å². The Morgan fingerprint density at radius 3 is 3.23 bits per heavy atom. The molecule has 0 radical (unpaired) electrons. The van der Waals surface area contributed by atoms with E-state index in [0.717, 1.165) is 37.7 Å². The second kappa shape index (κ2) is 3.89. The number of aromatic nitrogens is 1. The summed E-state index contributed by atoms with van der Waals surface area (Å²) in [6.07, 6.45) is 3.55. The van der Waals surface area contributed by atoms with E-state index in [1.54, 1.807) is 6.20 Å². The van der Waals surface area contributed by atoms with E-state index >= 15 is 0 Å². The largest absolute Gasteiger partial charge is 0.445 e. The lowest BCUT2D eigenvalue weighted by atomic mass is 10.1. The van der Waals surface area contributed by atoms with Crippen LogP contribution in [-0.2, 0) is 11.2 Å². The minimum Gasteiger partial charge on any atom is -0.445 e. The summed E-state index contributed by atoms with van der Waals surface area (Å²) in [6.45, 7) is 2.16. The lowest BCUT2D eigenvalue weighted by molar-refractivity contribution is 0.190. The molecule has 2 rings (SSSR count). The zero-order chi connectivity index (χ0) is 9.10. The van der Waals surface area contributed by atoms with E-state index in [9.17, 15) is 0 Å². The fraction of sp³-hybridized carbons (Fsp3) is 0.667. The summed E-state index contributed by atoms with van der Waals surface area (Å²) < 4.78 is 10.8. The third kappa shape index (κ3) is 1.89. The molecule has 1 aliphatic rings. The molecule has 0 aromatic carbocycles. The van der Waals surface area contributed by atoms with Gasteiger partial charge in [0.1, 0.15) is 5.76 Å². The van der Waals surface area contributed by atoms with Gasteiger partial charge in [-0.25, -0.2) is 4.98 Å². The number of hydrogen-bond acceptors (Lipinski definition) is 4. The van der Waals surface area contributed by atoms with Crippen LogP contribution in [0.25, 0.3) is 0 Å². The van der Waals surface area contributed by atoms with E-state index in [2.05, 4.69) is 4.98 Å². The van der Waals surface area contributed by atoms with Crippen molar-refractivity contribution < 1.29 is 9.15 Å². The quantitative estimate of drug-likeness (QED) is 0.746. The van der Waals surface area contributed by atoms with Crippen LogP contribution in [0.2, 0.25) is 0 Å².